The van der Waals surface area contributed by atoms with Gasteiger partial charge in [0.1, 0.15) is 6.54 Å². The molecule has 0 aromatic heterocycles. The van der Waals surface area contributed by atoms with E-state index in [4.69, 9.17) is 0 Å². The first-order valence-electron chi connectivity index (χ1n) is 7.31. The molecule has 0 radical (unpaired) electrons. The van der Waals surface area contributed by atoms with E-state index in [0.29, 0.717) is 5.56 Å². The maximum Gasteiger partial charge on any atom is 0.103 e. The monoisotopic (exact) mass is 263 g/mol. The molecular formula is C16H25NO2. The van der Waals surface area contributed by atoms with Gasteiger partial charge < -0.3 is 14.8 Å². The molecule has 0 amide bonds. The van der Waals surface area contributed by atoms with Crippen LogP contribution in [0.15, 0.2) is 24.3 Å². The maximum atomic E-state index is 11.1. The standard InChI is InChI=1S/C16H25NO2/c1-3-5-11-17(12-6-4-2)13-14-9-7-8-10-15(14)16(18)19/h7-10H,3-6,11-13H2,1-2H3,(H,18,19). The Hall–Kier alpha value is -1.35. The van der Waals surface area contributed by atoms with Gasteiger partial charge in [-0.25, -0.2) is 0 Å². The third kappa shape index (κ3) is 5.43. The van der Waals surface area contributed by atoms with E-state index in [1.54, 1.807) is 12.1 Å². The zero-order valence-electron chi connectivity index (χ0n) is 12.1. The molecule has 0 fully saturated rings. The van der Waals surface area contributed by atoms with Crippen LogP contribution in [-0.4, -0.2) is 19.1 Å². The van der Waals surface area contributed by atoms with Crippen LogP contribution in [0.2, 0.25) is 0 Å². The van der Waals surface area contributed by atoms with Crippen molar-refractivity contribution in [3.05, 3.63) is 35.4 Å². The highest BCUT2D eigenvalue weighted by atomic mass is 16.4. The zero-order valence-corrected chi connectivity index (χ0v) is 12.1. The second-order valence-electron chi connectivity index (χ2n) is 5.08. The van der Waals surface area contributed by atoms with Crippen molar-refractivity contribution in [3.63, 3.8) is 0 Å². The van der Waals surface area contributed by atoms with Gasteiger partial charge in [-0.3, -0.25) is 0 Å². The largest absolute Gasteiger partial charge is 0.545 e. The topological polar surface area (TPSA) is 44.6 Å². The van der Waals surface area contributed by atoms with Crippen molar-refractivity contribution in [1.29, 1.82) is 0 Å². The van der Waals surface area contributed by atoms with Crippen LogP contribution in [0.1, 0.15) is 55.5 Å². The van der Waals surface area contributed by atoms with Gasteiger partial charge in [0.25, 0.3) is 0 Å². The number of hydrogen-bond acceptors (Lipinski definition) is 2. The Kier molecular flexibility index (Phi) is 7.19. The molecule has 1 N–H and O–H groups in total. The molecule has 0 saturated carbocycles. The molecule has 1 rings (SSSR count). The molecule has 0 unspecified atom stereocenters. The van der Waals surface area contributed by atoms with Crippen LogP contribution in [0.3, 0.4) is 0 Å². The number of hydrogen-bond donors (Lipinski definition) is 1. The van der Waals surface area contributed by atoms with E-state index in [1.165, 1.54) is 30.6 Å². The van der Waals surface area contributed by atoms with E-state index < -0.39 is 5.97 Å². The quantitative estimate of drug-likeness (QED) is 0.723. The number of unbranched alkanes of at least 4 members (excludes halogenated alkanes) is 2. The molecule has 3 nitrogen and oxygen atoms in total. The summed E-state index contributed by atoms with van der Waals surface area (Å²) in [6.07, 6.45) is 4.73. The zero-order chi connectivity index (χ0) is 14.1. The Morgan fingerprint density at radius 3 is 2.21 bits per heavy atom. The molecule has 0 spiro atoms. The van der Waals surface area contributed by atoms with Crippen molar-refractivity contribution >= 4 is 5.97 Å². The Morgan fingerprint density at radius 2 is 1.68 bits per heavy atom. The summed E-state index contributed by atoms with van der Waals surface area (Å²) in [5.41, 5.74) is 1.23. The van der Waals surface area contributed by atoms with Gasteiger partial charge in [0.15, 0.2) is 0 Å². The molecular weight excluding hydrogens is 238 g/mol. The van der Waals surface area contributed by atoms with Gasteiger partial charge in [0, 0.05) is 11.1 Å². The smallest absolute Gasteiger partial charge is 0.103 e. The summed E-state index contributed by atoms with van der Waals surface area (Å²) in [5.74, 6) is -1.07. The molecule has 3 heteroatoms. The number of carbonyl (C=O) groups excluding carboxylic acids is 1. The first-order valence-corrected chi connectivity index (χ1v) is 7.31. The Morgan fingerprint density at radius 1 is 1.11 bits per heavy atom. The van der Waals surface area contributed by atoms with Crippen molar-refractivity contribution in [2.24, 2.45) is 0 Å². The second-order valence-corrected chi connectivity index (χ2v) is 5.08. The van der Waals surface area contributed by atoms with E-state index in [2.05, 4.69) is 13.8 Å². The van der Waals surface area contributed by atoms with Gasteiger partial charge in [0.05, 0.1) is 19.1 Å². The number of carboxylic acids is 1. The average Bonchev–Trinajstić information content (AvgIpc) is 2.42. The van der Waals surface area contributed by atoms with Crippen LogP contribution in [0, 0.1) is 0 Å². The normalized spacial score (nSPS) is 10.9. The van der Waals surface area contributed by atoms with E-state index in [0.717, 1.165) is 25.2 Å². The van der Waals surface area contributed by atoms with Crippen molar-refractivity contribution in [3.8, 4) is 0 Å². The number of rotatable bonds is 9. The molecule has 0 aliphatic heterocycles. The lowest BCUT2D eigenvalue weighted by Crippen LogP contribution is -3.10. The highest BCUT2D eigenvalue weighted by molar-refractivity contribution is 5.87. The molecule has 0 aliphatic carbocycles. The van der Waals surface area contributed by atoms with E-state index in [-0.39, 0.29) is 0 Å². The van der Waals surface area contributed by atoms with E-state index in [1.807, 2.05) is 12.1 Å². The number of carboxylic acid groups (broad SMARTS) is 1. The molecule has 0 atom stereocenters. The SMILES string of the molecule is CCCC[NH+](CCCC)Cc1ccccc1C(=O)[O-]. The lowest BCUT2D eigenvalue weighted by molar-refractivity contribution is -0.914. The number of benzene rings is 1. The molecule has 0 aliphatic rings. The van der Waals surface area contributed by atoms with Crippen molar-refractivity contribution in [2.45, 2.75) is 46.1 Å². The highest BCUT2D eigenvalue weighted by Gasteiger charge is 2.11. The van der Waals surface area contributed by atoms with Crippen LogP contribution in [0.4, 0.5) is 0 Å². The van der Waals surface area contributed by atoms with Gasteiger partial charge in [-0.05, 0) is 12.8 Å². The fourth-order valence-corrected chi connectivity index (χ4v) is 2.30. The minimum absolute atomic E-state index is 0.341. The minimum atomic E-state index is -1.07. The summed E-state index contributed by atoms with van der Waals surface area (Å²) in [5, 5.41) is 11.1. The number of aromatic carboxylic acids is 1. The molecule has 0 bridgehead atoms. The molecule has 106 valence electrons. The summed E-state index contributed by atoms with van der Waals surface area (Å²) in [4.78, 5) is 12.6. The summed E-state index contributed by atoms with van der Waals surface area (Å²) in [6.45, 7) is 7.37. The number of carbonyl (C=O) groups is 1. The van der Waals surface area contributed by atoms with Gasteiger partial charge in [-0.1, -0.05) is 51.0 Å². The lowest BCUT2D eigenvalue weighted by atomic mass is 10.1. The van der Waals surface area contributed by atoms with Gasteiger partial charge in [0.2, 0.25) is 0 Å². The second kappa shape index (κ2) is 8.70. The maximum absolute atomic E-state index is 11.1. The van der Waals surface area contributed by atoms with Crippen LogP contribution < -0.4 is 10.0 Å². The van der Waals surface area contributed by atoms with Crippen LogP contribution in [0.25, 0.3) is 0 Å². The predicted octanol–water partition coefficient (Wildman–Crippen LogP) is 1.04. The minimum Gasteiger partial charge on any atom is -0.545 e. The Bertz CT molecular complexity index is 382. The first kappa shape index (κ1) is 15.7. The summed E-state index contributed by atoms with van der Waals surface area (Å²) in [6, 6.07) is 7.20. The number of quaternary nitrogens is 1. The fourth-order valence-electron chi connectivity index (χ4n) is 2.30. The Labute approximate surface area is 116 Å². The molecule has 19 heavy (non-hydrogen) atoms. The van der Waals surface area contributed by atoms with Crippen LogP contribution >= 0.6 is 0 Å². The highest BCUT2D eigenvalue weighted by Crippen LogP contribution is 2.06. The fraction of sp³-hybridized carbons (Fsp3) is 0.562. The molecule has 0 heterocycles. The Balaban J connectivity index is 2.74. The van der Waals surface area contributed by atoms with Gasteiger partial charge in [-0.2, -0.15) is 0 Å². The predicted molar refractivity (Wildman–Crippen MR) is 75.0 cm³/mol. The molecule has 1 aromatic rings. The van der Waals surface area contributed by atoms with Gasteiger partial charge >= 0.3 is 0 Å². The van der Waals surface area contributed by atoms with Crippen LogP contribution in [-0.2, 0) is 6.54 Å². The summed E-state index contributed by atoms with van der Waals surface area (Å²) in [7, 11) is 0. The number of nitrogens with one attached hydrogen (secondary N) is 1. The van der Waals surface area contributed by atoms with Crippen molar-refractivity contribution < 1.29 is 14.8 Å². The van der Waals surface area contributed by atoms with Gasteiger partial charge in [-0.15, -0.1) is 0 Å². The third-order valence-corrected chi connectivity index (χ3v) is 3.45. The summed E-state index contributed by atoms with van der Waals surface area (Å²) < 4.78 is 0. The molecule has 0 saturated heterocycles. The summed E-state index contributed by atoms with van der Waals surface area (Å²) >= 11 is 0. The van der Waals surface area contributed by atoms with Crippen LogP contribution in [0.5, 0.6) is 0 Å². The van der Waals surface area contributed by atoms with Crippen molar-refractivity contribution in [1.82, 2.24) is 0 Å². The first-order chi connectivity index (χ1) is 9.19. The van der Waals surface area contributed by atoms with Crippen molar-refractivity contribution in [2.75, 3.05) is 13.1 Å². The van der Waals surface area contributed by atoms with E-state index in [9.17, 15) is 9.90 Å². The average molecular weight is 263 g/mol. The van der Waals surface area contributed by atoms with E-state index >= 15 is 0 Å². The molecule has 1 aromatic carbocycles. The lowest BCUT2D eigenvalue weighted by Gasteiger charge is -2.21. The third-order valence-electron chi connectivity index (χ3n) is 3.45.